The molecule has 0 amide bonds. The predicted molar refractivity (Wildman–Crippen MR) is 65.1 cm³/mol. The third-order valence-corrected chi connectivity index (χ3v) is 4.25. The van der Waals surface area contributed by atoms with Gasteiger partial charge in [0.2, 0.25) is 0 Å². The zero-order valence-corrected chi connectivity index (χ0v) is 10.4. The van der Waals surface area contributed by atoms with E-state index in [9.17, 15) is 0 Å². The van der Waals surface area contributed by atoms with E-state index < -0.39 is 0 Å². The maximum Gasteiger partial charge on any atom is 0.0280 e. The van der Waals surface area contributed by atoms with Gasteiger partial charge in [-0.1, -0.05) is 19.3 Å². The van der Waals surface area contributed by atoms with E-state index in [-0.39, 0.29) is 0 Å². The first kappa shape index (κ1) is 11.4. The lowest BCUT2D eigenvalue weighted by Gasteiger charge is -2.40. The summed E-state index contributed by atoms with van der Waals surface area (Å²) in [5, 5.41) is 3.71. The van der Waals surface area contributed by atoms with Gasteiger partial charge in [0.05, 0.1) is 0 Å². The molecule has 0 bridgehead atoms. The van der Waals surface area contributed by atoms with E-state index in [1.165, 1.54) is 58.0 Å². The molecular formula is C13H26N2. The van der Waals surface area contributed by atoms with Gasteiger partial charge >= 0.3 is 0 Å². The van der Waals surface area contributed by atoms with Crippen LogP contribution >= 0.6 is 0 Å². The first-order chi connectivity index (χ1) is 7.20. The predicted octanol–water partition coefficient (Wildman–Crippen LogP) is 2.39. The van der Waals surface area contributed by atoms with Crippen LogP contribution < -0.4 is 5.32 Å². The minimum absolute atomic E-state index is 0.385. The van der Waals surface area contributed by atoms with Gasteiger partial charge in [-0.05, 0) is 46.2 Å². The van der Waals surface area contributed by atoms with Gasteiger partial charge in [-0.3, -0.25) is 0 Å². The highest BCUT2D eigenvalue weighted by atomic mass is 15.2. The van der Waals surface area contributed by atoms with Gasteiger partial charge in [0.1, 0.15) is 0 Å². The Hall–Kier alpha value is -0.0800. The van der Waals surface area contributed by atoms with Crippen LogP contribution in [0, 0.1) is 0 Å². The highest BCUT2D eigenvalue weighted by Gasteiger charge is 2.30. The smallest absolute Gasteiger partial charge is 0.0280 e. The Morgan fingerprint density at radius 1 is 1.20 bits per heavy atom. The second-order valence-corrected chi connectivity index (χ2v) is 5.80. The van der Waals surface area contributed by atoms with Crippen LogP contribution in [0.2, 0.25) is 0 Å². The Balaban J connectivity index is 1.83. The molecule has 1 unspecified atom stereocenters. The Labute approximate surface area is 94.4 Å². The van der Waals surface area contributed by atoms with Crippen molar-refractivity contribution in [2.45, 2.75) is 63.5 Å². The van der Waals surface area contributed by atoms with Crippen LogP contribution in [0.1, 0.15) is 51.9 Å². The van der Waals surface area contributed by atoms with Crippen molar-refractivity contribution in [1.29, 1.82) is 0 Å². The second kappa shape index (κ2) is 4.84. The zero-order valence-electron chi connectivity index (χ0n) is 10.4. The van der Waals surface area contributed by atoms with E-state index >= 15 is 0 Å². The van der Waals surface area contributed by atoms with Crippen molar-refractivity contribution in [2.24, 2.45) is 0 Å². The molecular weight excluding hydrogens is 184 g/mol. The van der Waals surface area contributed by atoms with Crippen molar-refractivity contribution in [1.82, 2.24) is 10.2 Å². The minimum Gasteiger partial charge on any atom is -0.310 e. The summed E-state index contributed by atoms with van der Waals surface area (Å²) in [7, 11) is 2.32. The molecule has 1 aliphatic carbocycles. The van der Waals surface area contributed by atoms with Gasteiger partial charge < -0.3 is 10.2 Å². The van der Waals surface area contributed by atoms with E-state index in [0.717, 1.165) is 6.04 Å². The minimum atomic E-state index is 0.385. The van der Waals surface area contributed by atoms with Crippen molar-refractivity contribution in [3.8, 4) is 0 Å². The highest BCUT2D eigenvalue weighted by molar-refractivity contribution is 4.90. The van der Waals surface area contributed by atoms with Gasteiger partial charge in [-0.2, -0.15) is 0 Å². The highest BCUT2D eigenvalue weighted by Crippen LogP contribution is 2.26. The fourth-order valence-electron chi connectivity index (χ4n) is 3.28. The average molecular weight is 210 g/mol. The summed E-state index contributed by atoms with van der Waals surface area (Å²) >= 11 is 0. The molecule has 1 aliphatic heterocycles. The fraction of sp³-hybridized carbons (Fsp3) is 1.00. The zero-order chi connectivity index (χ0) is 10.7. The standard InChI is InChI=1S/C13H26N2/c1-13(9-5-6-10-14-13)11-15(2)12-7-3-4-8-12/h12,14H,3-11H2,1-2H3. The average Bonchev–Trinajstić information content (AvgIpc) is 2.70. The summed E-state index contributed by atoms with van der Waals surface area (Å²) < 4.78 is 0. The summed E-state index contributed by atoms with van der Waals surface area (Å²) in [4.78, 5) is 2.60. The van der Waals surface area contributed by atoms with Crippen LogP contribution in [0.5, 0.6) is 0 Å². The van der Waals surface area contributed by atoms with Crippen molar-refractivity contribution >= 4 is 0 Å². The van der Waals surface area contributed by atoms with Crippen LogP contribution in [0.4, 0.5) is 0 Å². The lowest BCUT2D eigenvalue weighted by Crippen LogP contribution is -2.54. The topological polar surface area (TPSA) is 15.3 Å². The maximum absolute atomic E-state index is 3.71. The summed E-state index contributed by atoms with van der Waals surface area (Å²) in [5.74, 6) is 0. The van der Waals surface area contributed by atoms with Crippen LogP contribution in [0.25, 0.3) is 0 Å². The van der Waals surface area contributed by atoms with Crippen LogP contribution in [0.15, 0.2) is 0 Å². The third-order valence-electron chi connectivity index (χ3n) is 4.25. The quantitative estimate of drug-likeness (QED) is 0.769. The fourth-order valence-corrected chi connectivity index (χ4v) is 3.28. The maximum atomic E-state index is 3.71. The second-order valence-electron chi connectivity index (χ2n) is 5.80. The first-order valence-corrected chi connectivity index (χ1v) is 6.65. The molecule has 0 aromatic heterocycles. The normalized spacial score (nSPS) is 33.8. The van der Waals surface area contributed by atoms with E-state index in [0.29, 0.717) is 5.54 Å². The van der Waals surface area contributed by atoms with Gasteiger partial charge in [0.25, 0.3) is 0 Å². The number of hydrogen-bond acceptors (Lipinski definition) is 2. The molecule has 2 nitrogen and oxygen atoms in total. The number of rotatable bonds is 3. The molecule has 1 heterocycles. The number of likely N-dealkylation sites (N-methyl/N-ethyl adjacent to an activating group) is 1. The van der Waals surface area contributed by atoms with Gasteiger partial charge in [-0.15, -0.1) is 0 Å². The Kier molecular flexibility index (Phi) is 3.68. The molecule has 2 heteroatoms. The Bertz CT molecular complexity index is 191. The lowest BCUT2D eigenvalue weighted by molar-refractivity contribution is 0.151. The van der Waals surface area contributed by atoms with E-state index in [2.05, 4.69) is 24.2 Å². The summed E-state index contributed by atoms with van der Waals surface area (Å²) in [6, 6.07) is 0.866. The van der Waals surface area contributed by atoms with Gasteiger partial charge in [0, 0.05) is 18.1 Å². The number of nitrogens with one attached hydrogen (secondary N) is 1. The molecule has 2 aliphatic rings. The number of hydrogen-bond donors (Lipinski definition) is 1. The molecule has 1 saturated carbocycles. The molecule has 2 rings (SSSR count). The number of piperidine rings is 1. The first-order valence-electron chi connectivity index (χ1n) is 6.65. The summed E-state index contributed by atoms with van der Waals surface area (Å²) in [6.07, 6.45) is 9.85. The van der Waals surface area contributed by atoms with E-state index in [4.69, 9.17) is 0 Å². The molecule has 15 heavy (non-hydrogen) atoms. The summed E-state index contributed by atoms with van der Waals surface area (Å²) in [6.45, 7) is 4.85. The van der Waals surface area contributed by atoms with Crippen LogP contribution in [-0.4, -0.2) is 36.6 Å². The van der Waals surface area contributed by atoms with Gasteiger partial charge in [-0.25, -0.2) is 0 Å². The van der Waals surface area contributed by atoms with Crippen molar-refractivity contribution < 1.29 is 0 Å². The molecule has 1 saturated heterocycles. The molecule has 88 valence electrons. The van der Waals surface area contributed by atoms with Crippen LogP contribution in [0.3, 0.4) is 0 Å². The molecule has 0 spiro atoms. The van der Waals surface area contributed by atoms with Crippen molar-refractivity contribution in [3.63, 3.8) is 0 Å². The molecule has 2 fully saturated rings. The lowest BCUT2D eigenvalue weighted by atomic mass is 9.90. The molecule has 1 atom stereocenters. The largest absolute Gasteiger partial charge is 0.310 e. The van der Waals surface area contributed by atoms with Crippen molar-refractivity contribution in [2.75, 3.05) is 20.1 Å². The molecule has 0 radical (unpaired) electrons. The summed E-state index contributed by atoms with van der Waals surface area (Å²) in [5.41, 5.74) is 0.385. The van der Waals surface area contributed by atoms with Gasteiger partial charge in [0.15, 0.2) is 0 Å². The third kappa shape index (κ3) is 2.94. The molecule has 0 aromatic carbocycles. The monoisotopic (exact) mass is 210 g/mol. The SMILES string of the molecule is CN(CC1(C)CCCCN1)C1CCCC1. The van der Waals surface area contributed by atoms with E-state index in [1.54, 1.807) is 0 Å². The molecule has 0 aromatic rings. The Morgan fingerprint density at radius 3 is 2.53 bits per heavy atom. The van der Waals surface area contributed by atoms with E-state index in [1.807, 2.05) is 0 Å². The van der Waals surface area contributed by atoms with Crippen molar-refractivity contribution in [3.05, 3.63) is 0 Å². The Morgan fingerprint density at radius 2 is 1.93 bits per heavy atom. The number of nitrogens with zero attached hydrogens (tertiary/aromatic N) is 1. The molecule has 1 N–H and O–H groups in total. The van der Waals surface area contributed by atoms with Crippen LogP contribution in [-0.2, 0) is 0 Å².